The lowest BCUT2D eigenvalue weighted by molar-refractivity contribution is -0.121. The normalized spacial score (nSPS) is 11.7. The molecule has 1 N–H and O–H groups in total. The number of nitrogens with zero attached hydrogens (tertiary/aromatic N) is 2. The lowest BCUT2D eigenvalue weighted by atomic mass is 10.2. The molecule has 0 unspecified atom stereocenters. The van der Waals surface area contributed by atoms with Crippen molar-refractivity contribution in [1.82, 2.24) is 14.5 Å². The van der Waals surface area contributed by atoms with Crippen molar-refractivity contribution in [2.75, 3.05) is 6.54 Å². The van der Waals surface area contributed by atoms with E-state index in [2.05, 4.69) is 18.5 Å². The summed E-state index contributed by atoms with van der Waals surface area (Å²) < 4.78 is 16.0. The van der Waals surface area contributed by atoms with Gasteiger partial charge in [0.2, 0.25) is 5.91 Å². The van der Waals surface area contributed by atoms with Crippen LogP contribution >= 0.6 is 23.2 Å². The van der Waals surface area contributed by atoms with E-state index in [4.69, 9.17) is 23.2 Å². The Kier molecular flexibility index (Phi) is 8.84. The summed E-state index contributed by atoms with van der Waals surface area (Å²) in [4.78, 5) is 38.6. The number of hydrogen-bond donors (Lipinski definition) is 1. The van der Waals surface area contributed by atoms with E-state index < -0.39 is 17.1 Å². The number of carbonyl (C=O) groups is 1. The number of para-hydroxylation sites is 1. The topological polar surface area (TPSA) is 73.1 Å². The fourth-order valence-corrected chi connectivity index (χ4v) is 3.98. The molecule has 1 heterocycles. The van der Waals surface area contributed by atoms with E-state index in [0.717, 1.165) is 4.57 Å². The highest BCUT2D eigenvalue weighted by atomic mass is 35.5. The molecule has 182 valence electrons. The number of benzene rings is 2. The zero-order valence-corrected chi connectivity index (χ0v) is 20.4. The van der Waals surface area contributed by atoms with E-state index in [0.29, 0.717) is 27.1 Å². The van der Waals surface area contributed by atoms with Gasteiger partial charge >= 0.3 is 5.69 Å². The minimum absolute atomic E-state index is 0.0463. The second-order valence-corrected chi connectivity index (χ2v) is 8.55. The number of rotatable bonds is 10. The molecular formula is C26H24Cl2FN3O3. The van der Waals surface area contributed by atoms with Crippen LogP contribution in [0.2, 0.25) is 5.02 Å². The van der Waals surface area contributed by atoms with E-state index >= 15 is 0 Å². The number of fused-ring (bicyclic) bond motifs is 1. The third-order valence-corrected chi connectivity index (χ3v) is 6.22. The smallest absolute Gasteiger partial charge is 0.331 e. The highest BCUT2D eigenvalue weighted by molar-refractivity contribution is 6.31. The van der Waals surface area contributed by atoms with Crippen LogP contribution in [0.25, 0.3) is 10.9 Å². The fraction of sp³-hybridized carbons (Fsp3) is 0.192. The lowest BCUT2D eigenvalue weighted by Crippen LogP contribution is -2.40. The highest BCUT2D eigenvalue weighted by Crippen LogP contribution is 2.19. The van der Waals surface area contributed by atoms with Crippen molar-refractivity contribution in [3.8, 4) is 0 Å². The van der Waals surface area contributed by atoms with E-state index in [1.165, 1.54) is 34.9 Å². The Hall–Kier alpha value is -3.42. The molecule has 0 aliphatic carbocycles. The van der Waals surface area contributed by atoms with Gasteiger partial charge in [0.15, 0.2) is 0 Å². The maximum absolute atomic E-state index is 13.5. The highest BCUT2D eigenvalue weighted by Gasteiger charge is 2.15. The van der Waals surface area contributed by atoms with Crippen LogP contribution < -0.4 is 16.6 Å². The van der Waals surface area contributed by atoms with Crippen molar-refractivity contribution >= 4 is 40.0 Å². The average molecular weight is 516 g/mol. The van der Waals surface area contributed by atoms with Crippen LogP contribution in [0.15, 0.2) is 88.0 Å². The van der Waals surface area contributed by atoms with Crippen LogP contribution in [0.1, 0.15) is 18.4 Å². The molecule has 0 spiro atoms. The van der Waals surface area contributed by atoms with E-state index in [-0.39, 0.29) is 43.4 Å². The predicted molar refractivity (Wildman–Crippen MR) is 138 cm³/mol. The van der Waals surface area contributed by atoms with E-state index in [1.54, 1.807) is 24.3 Å². The Morgan fingerprint density at radius 1 is 1.09 bits per heavy atom. The Balaban J connectivity index is 1.83. The number of carbonyl (C=O) groups excluding carboxylic acids is 1. The summed E-state index contributed by atoms with van der Waals surface area (Å²) >= 11 is 12.2. The number of amides is 1. The standard InChI is InChI=1S/C26H24Cl2FN3O3/c1-3-17(21(27)4-2)15-30-24(33)10-7-13-31-25(34)20-8-5-6-9-23(20)32(26(31)35)16-18-11-12-19(29)14-22(18)28/h3-6,8-9,11-12,14H,1-2,7,10,13,15-16H2,(H,30,33)/b21-17-. The van der Waals surface area contributed by atoms with Gasteiger partial charge < -0.3 is 5.32 Å². The van der Waals surface area contributed by atoms with Gasteiger partial charge in [0, 0.05) is 29.6 Å². The van der Waals surface area contributed by atoms with Gasteiger partial charge in [-0.05, 0) is 41.8 Å². The third-order valence-electron chi connectivity index (χ3n) is 5.47. The SMILES string of the molecule is C=C/C(Cl)=C(\C=C)CNC(=O)CCCn1c(=O)c2ccccc2n(Cc2ccc(F)cc2Cl)c1=O. The average Bonchev–Trinajstić information content (AvgIpc) is 2.85. The monoisotopic (exact) mass is 515 g/mol. The van der Waals surface area contributed by atoms with Gasteiger partial charge in [-0.15, -0.1) is 0 Å². The van der Waals surface area contributed by atoms with E-state index in [1.807, 2.05) is 0 Å². The summed E-state index contributed by atoms with van der Waals surface area (Å²) in [6.07, 6.45) is 3.35. The summed E-state index contributed by atoms with van der Waals surface area (Å²) in [5.74, 6) is -0.744. The number of hydrogen-bond acceptors (Lipinski definition) is 3. The molecule has 9 heteroatoms. The van der Waals surface area contributed by atoms with Gasteiger partial charge in [0.05, 0.1) is 17.4 Å². The third kappa shape index (κ3) is 6.18. The zero-order chi connectivity index (χ0) is 25.5. The van der Waals surface area contributed by atoms with Gasteiger partial charge in [0.25, 0.3) is 5.56 Å². The minimum Gasteiger partial charge on any atom is -0.352 e. The molecule has 1 amide bonds. The molecule has 0 aliphatic rings. The number of aromatic nitrogens is 2. The fourth-order valence-electron chi connectivity index (χ4n) is 3.61. The molecule has 2 aromatic carbocycles. The first-order chi connectivity index (χ1) is 16.8. The van der Waals surface area contributed by atoms with Gasteiger partial charge in [-0.2, -0.15) is 0 Å². The summed E-state index contributed by atoms with van der Waals surface area (Å²) in [6, 6.07) is 10.7. The Morgan fingerprint density at radius 3 is 2.51 bits per heavy atom. The first kappa shape index (κ1) is 26.2. The van der Waals surface area contributed by atoms with Crippen molar-refractivity contribution in [3.05, 3.63) is 116 Å². The molecule has 0 aliphatic heterocycles. The summed E-state index contributed by atoms with van der Waals surface area (Å²) in [6.45, 7) is 7.53. The lowest BCUT2D eigenvalue weighted by Gasteiger charge is -2.15. The van der Waals surface area contributed by atoms with Crippen LogP contribution in [-0.2, 0) is 17.9 Å². The van der Waals surface area contributed by atoms with Crippen molar-refractivity contribution in [2.24, 2.45) is 0 Å². The first-order valence-electron chi connectivity index (χ1n) is 10.8. The summed E-state index contributed by atoms with van der Waals surface area (Å²) in [5.41, 5.74) is 0.628. The zero-order valence-electron chi connectivity index (χ0n) is 18.9. The molecule has 0 saturated carbocycles. The summed E-state index contributed by atoms with van der Waals surface area (Å²) in [5, 5.41) is 3.66. The largest absolute Gasteiger partial charge is 0.352 e. The molecule has 1 aromatic heterocycles. The predicted octanol–water partition coefficient (Wildman–Crippen LogP) is 4.77. The number of nitrogens with one attached hydrogen (secondary N) is 1. The van der Waals surface area contributed by atoms with Crippen molar-refractivity contribution in [2.45, 2.75) is 25.9 Å². The molecule has 0 saturated heterocycles. The maximum Gasteiger partial charge on any atom is 0.331 e. The molecule has 0 atom stereocenters. The van der Waals surface area contributed by atoms with E-state index in [9.17, 15) is 18.8 Å². The Morgan fingerprint density at radius 2 is 1.83 bits per heavy atom. The first-order valence-corrected chi connectivity index (χ1v) is 11.6. The Labute approximate surface area is 211 Å². The summed E-state index contributed by atoms with van der Waals surface area (Å²) in [7, 11) is 0. The maximum atomic E-state index is 13.5. The van der Waals surface area contributed by atoms with Crippen LogP contribution in [-0.4, -0.2) is 21.6 Å². The molecule has 0 radical (unpaired) electrons. The van der Waals surface area contributed by atoms with Gasteiger partial charge in [-0.25, -0.2) is 9.18 Å². The second-order valence-electron chi connectivity index (χ2n) is 7.74. The quantitative estimate of drug-likeness (QED) is 0.395. The molecule has 3 aromatic rings. The molecular weight excluding hydrogens is 492 g/mol. The van der Waals surface area contributed by atoms with Crippen molar-refractivity contribution in [1.29, 1.82) is 0 Å². The second kappa shape index (κ2) is 11.8. The van der Waals surface area contributed by atoms with Crippen LogP contribution in [0.3, 0.4) is 0 Å². The van der Waals surface area contributed by atoms with Crippen LogP contribution in [0, 0.1) is 5.82 Å². The number of halogens is 3. The Bertz CT molecular complexity index is 1440. The van der Waals surface area contributed by atoms with Crippen molar-refractivity contribution < 1.29 is 9.18 Å². The van der Waals surface area contributed by atoms with Gasteiger partial charge in [-0.1, -0.05) is 66.7 Å². The molecule has 3 rings (SSSR count). The minimum atomic E-state index is -0.538. The molecule has 6 nitrogen and oxygen atoms in total. The van der Waals surface area contributed by atoms with Gasteiger partial charge in [-0.3, -0.25) is 18.7 Å². The molecule has 0 bridgehead atoms. The molecule has 0 fully saturated rings. The molecule has 35 heavy (non-hydrogen) atoms. The van der Waals surface area contributed by atoms with Gasteiger partial charge in [0.1, 0.15) is 5.82 Å². The van der Waals surface area contributed by atoms with Crippen molar-refractivity contribution in [3.63, 3.8) is 0 Å². The van der Waals surface area contributed by atoms with Crippen LogP contribution in [0.5, 0.6) is 0 Å². The van der Waals surface area contributed by atoms with Crippen LogP contribution in [0.4, 0.5) is 4.39 Å². The number of allylic oxidation sites excluding steroid dienone is 2.